The van der Waals surface area contributed by atoms with Gasteiger partial charge in [0.25, 0.3) is 12.3 Å². The second kappa shape index (κ2) is 26.2. The summed E-state index contributed by atoms with van der Waals surface area (Å²) in [5.41, 5.74) is 4.32. The van der Waals surface area contributed by atoms with Crippen LogP contribution in [-0.2, 0) is 54.1 Å². The number of nitrogens with zero attached hydrogens (tertiary/aromatic N) is 2. The normalized spacial score (nSPS) is 28.8. The number of alkyl carbamates (subject to hydrolysis) is 1. The van der Waals surface area contributed by atoms with Gasteiger partial charge in [-0.3, -0.25) is 38.6 Å². The molecule has 0 saturated carbocycles. The molecule has 0 aliphatic carbocycles. The molecule has 13 atom stereocenters. The van der Waals surface area contributed by atoms with Crippen LogP contribution in [0.1, 0.15) is 59.4 Å². The van der Waals surface area contributed by atoms with Crippen molar-refractivity contribution in [2.75, 3.05) is 19.6 Å². The van der Waals surface area contributed by atoms with Crippen molar-refractivity contribution >= 4 is 59.8 Å². The Morgan fingerprint density at radius 1 is 0.886 bits per heavy atom. The van der Waals surface area contributed by atoms with Crippen molar-refractivity contribution < 1.29 is 127 Å². The predicted molar refractivity (Wildman–Crippen MR) is 229 cm³/mol. The Morgan fingerprint density at radius 3 is 2.13 bits per heavy atom. The zero-order valence-electron chi connectivity index (χ0n) is 39.0. The Bertz CT molecular complexity index is 2050. The molecule has 4 rings (SSSR count). The Kier molecular flexibility index (Phi) is 22.3. The maximum Gasteiger partial charge on any atom is 1.00 e. The minimum atomic E-state index is -2.20. The number of hydrogen-bond donors (Lipinski definition) is 13. The van der Waals surface area contributed by atoms with Crippen molar-refractivity contribution in [1.29, 1.82) is 0 Å². The van der Waals surface area contributed by atoms with E-state index in [2.05, 4.69) is 36.0 Å². The second-order valence-electron chi connectivity index (χ2n) is 17.9. The number of aromatic hydroxyl groups is 1. The molecule has 1 aromatic carbocycles. The summed E-state index contributed by atoms with van der Waals surface area (Å²) < 4.78 is 14.3. The molecule has 7 unspecified atom stereocenters. The van der Waals surface area contributed by atoms with E-state index in [1.165, 1.54) is 33.8 Å². The van der Waals surface area contributed by atoms with Crippen LogP contribution < -0.4 is 71.3 Å². The number of phenolic OH excluding ortho intramolecular Hbond substituents is 1. The molecule has 3 aliphatic rings. The van der Waals surface area contributed by atoms with Gasteiger partial charge in [0.1, 0.15) is 41.9 Å². The Morgan fingerprint density at radius 2 is 1.51 bits per heavy atom. The molecule has 0 spiro atoms. The topological polar surface area (TPSA) is 431 Å². The van der Waals surface area contributed by atoms with E-state index in [9.17, 15) is 79.4 Å². The molecule has 0 aromatic heterocycles. The van der Waals surface area contributed by atoms with Crippen LogP contribution >= 0.6 is 12.3 Å². The van der Waals surface area contributed by atoms with Crippen LogP contribution in [0.2, 0.25) is 0 Å². The molecule has 14 N–H and O–H groups in total. The molecule has 3 heterocycles. The van der Waals surface area contributed by atoms with Crippen LogP contribution in [0.5, 0.6) is 11.5 Å². The van der Waals surface area contributed by atoms with E-state index in [0.29, 0.717) is 0 Å². The number of amides is 8. The van der Waals surface area contributed by atoms with E-state index in [4.69, 9.17) is 14.7 Å². The number of ether oxygens (including phenoxy) is 1. The van der Waals surface area contributed by atoms with Crippen LogP contribution in [0, 0.1) is 5.92 Å². The first-order valence-electron chi connectivity index (χ1n) is 21.5. The third kappa shape index (κ3) is 16.2. The molecule has 3 saturated heterocycles. The first kappa shape index (κ1) is 59.7. The minimum absolute atomic E-state index is 0. The number of nitrogens with two attached hydrogens (primary N) is 1. The van der Waals surface area contributed by atoms with Gasteiger partial charge in [-0.05, 0) is 45.4 Å². The van der Waals surface area contributed by atoms with Gasteiger partial charge in [-0.2, -0.15) is 0 Å². The summed E-state index contributed by atoms with van der Waals surface area (Å²) in [6.07, 6.45) is -14.6. The third-order valence-corrected chi connectivity index (χ3v) is 11.5. The average Bonchev–Trinajstić information content (AvgIpc) is 3.79. The Hall–Kier alpha value is -4.63. The Labute approximate surface area is 426 Å². The average molecular weight is 1030 g/mol. The summed E-state index contributed by atoms with van der Waals surface area (Å²) in [5, 5.41) is 102. The molecule has 1 aromatic rings. The summed E-state index contributed by atoms with van der Waals surface area (Å²) in [7, 11) is 0. The van der Waals surface area contributed by atoms with Crippen molar-refractivity contribution in [3.63, 3.8) is 0 Å². The van der Waals surface area contributed by atoms with Gasteiger partial charge in [0.15, 0.2) is 11.5 Å². The maximum atomic E-state index is 14.5. The van der Waals surface area contributed by atoms with Crippen LogP contribution in [0.3, 0.4) is 0 Å². The summed E-state index contributed by atoms with van der Waals surface area (Å²) >= 11 is -0.00498. The molecule has 30 heteroatoms. The summed E-state index contributed by atoms with van der Waals surface area (Å²) in [6, 6.07) is -8.12. The first-order chi connectivity index (χ1) is 32.2. The van der Waals surface area contributed by atoms with E-state index in [-0.39, 0.29) is 53.2 Å². The smallest absolute Gasteiger partial charge is 0.691 e. The molecule has 386 valence electrons. The number of nitrogens with one attached hydrogen (secondary N) is 5. The summed E-state index contributed by atoms with van der Waals surface area (Å²) in [4.78, 5) is 112. The van der Waals surface area contributed by atoms with Gasteiger partial charge < -0.3 is 92.0 Å². The van der Waals surface area contributed by atoms with Crippen LogP contribution in [-0.4, -0.2) is 191 Å². The fraction of sp³-hybridized carbons (Fsp3) is 0.650. The van der Waals surface area contributed by atoms with E-state index in [1.54, 1.807) is 0 Å². The van der Waals surface area contributed by atoms with Gasteiger partial charge >= 0.3 is 35.7 Å². The first-order valence-corrected chi connectivity index (χ1v) is 22.2. The van der Waals surface area contributed by atoms with Crippen molar-refractivity contribution in [2.24, 2.45) is 11.7 Å². The SMILES string of the molecule is CC(O)C1NC(=O)[C@@H](NC(=O)OC(C)(C)C)C[C@H](O)CNC(=O)C2[C@@H](O)C(C)CN2C(=O)[C@H]([C@H](O)CC(N)=O)NC(=O)C([C@H](O)Cc2ccc(O)c(OSOO[O-])c2)NC(=O)C2CC(O)CN2C1=O.[Na+]. The molecular formula is C40H59N8NaO20S. The van der Waals surface area contributed by atoms with E-state index in [0.717, 1.165) is 28.9 Å². The van der Waals surface area contributed by atoms with Crippen molar-refractivity contribution in [2.45, 2.75) is 139 Å². The standard InChI is InChI=1S/C40H60N8O20S.Na/c1-16-14-48-31(32(16)56)36(60)42-13-19(50)10-21(43-39(63)65-40(3,4)5)33(57)44-28(17(2)49)37(61)47-15-20(51)11-22(47)34(58)45-29(35(59)46-30(38(48)62)25(54)12-27(41)55)24(53)8-18-6-7-23(52)26(9-18)66-69-68-67-64;/h6-7,9,16-17,19-22,24-25,28-32,49-54,56,64H,8,10-15H2,1-5H3,(H2,41,55)(H,42,60)(H,43,63)(H,44,57)(H,45,58)(H,46,59);/q;+1/p-1/t16?,17?,19-,20?,21-,22?,24+,25+,28?,29?,30-,31?,32-;/m0./s1. The van der Waals surface area contributed by atoms with Crippen LogP contribution in [0.25, 0.3) is 0 Å². The number of aliphatic hydroxyl groups excluding tert-OH is 6. The second-order valence-corrected chi connectivity index (χ2v) is 18.4. The number of carbonyl (C=O) groups excluding carboxylic acids is 8. The van der Waals surface area contributed by atoms with Crippen molar-refractivity contribution in [3.8, 4) is 11.5 Å². The number of aliphatic hydroxyl groups is 6. The van der Waals surface area contributed by atoms with Gasteiger partial charge in [0.2, 0.25) is 41.4 Å². The molecule has 28 nitrogen and oxygen atoms in total. The molecule has 3 fully saturated rings. The molecule has 70 heavy (non-hydrogen) atoms. The number of benzene rings is 1. The van der Waals surface area contributed by atoms with Crippen LogP contribution in [0.15, 0.2) is 18.2 Å². The number of phenols is 1. The Balaban J connectivity index is 0.0000130. The van der Waals surface area contributed by atoms with Gasteiger partial charge in [0, 0.05) is 44.8 Å². The van der Waals surface area contributed by atoms with Gasteiger partial charge in [-0.1, -0.05) is 13.0 Å². The molecule has 3 aliphatic heterocycles. The number of rotatable bonds is 12. The summed E-state index contributed by atoms with van der Waals surface area (Å²) in [6.45, 7) is 5.42. The minimum Gasteiger partial charge on any atom is -0.691 e. The number of fused-ring (bicyclic) bond motifs is 2. The fourth-order valence-corrected chi connectivity index (χ4v) is 8.12. The third-order valence-electron chi connectivity index (χ3n) is 11.2. The number of β-amino-alcohol motifs (C(OH)–C–C–N with tert-alkyl or cyclic N) is 1. The van der Waals surface area contributed by atoms with Gasteiger partial charge in [-0.25, -0.2) is 4.79 Å². The summed E-state index contributed by atoms with van der Waals surface area (Å²) in [5.74, 6) is -10.2. The van der Waals surface area contributed by atoms with E-state index < -0.39 is 183 Å². The van der Waals surface area contributed by atoms with Crippen molar-refractivity contribution in [3.05, 3.63) is 23.8 Å². The number of primary amides is 1. The monoisotopic (exact) mass is 1030 g/mol. The zero-order valence-corrected chi connectivity index (χ0v) is 41.8. The zero-order chi connectivity index (χ0) is 51.7. The van der Waals surface area contributed by atoms with E-state index in [1.807, 2.05) is 0 Å². The maximum absolute atomic E-state index is 14.5. The fourth-order valence-electron chi connectivity index (χ4n) is 7.87. The van der Waals surface area contributed by atoms with Crippen LogP contribution in [0.4, 0.5) is 4.79 Å². The molecule has 0 bridgehead atoms. The molecular weight excluding hydrogens is 968 g/mol. The molecule has 0 radical (unpaired) electrons. The van der Waals surface area contributed by atoms with Gasteiger partial charge in [0.05, 0.1) is 43.0 Å². The van der Waals surface area contributed by atoms with E-state index >= 15 is 0 Å². The van der Waals surface area contributed by atoms with Gasteiger partial charge in [-0.15, -0.1) is 4.33 Å². The largest absolute Gasteiger partial charge is 1.00 e. The molecule has 8 amide bonds. The van der Waals surface area contributed by atoms with Crippen molar-refractivity contribution in [1.82, 2.24) is 36.4 Å². The predicted octanol–water partition coefficient (Wildman–Crippen LogP) is -9.52. The number of carbonyl (C=O) groups is 8. The number of hydrogen-bond acceptors (Lipinski definition) is 21. The quantitative estimate of drug-likeness (QED) is 0.0304.